The summed E-state index contributed by atoms with van der Waals surface area (Å²) in [6, 6.07) is 3.01. The van der Waals surface area contributed by atoms with Crippen molar-refractivity contribution in [1.82, 2.24) is 10.6 Å². The number of carbonyl (C=O) groups is 2. The molecule has 138 valence electrons. The molecule has 25 heavy (non-hydrogen) atoms. The summed E-state index contributed by atoms with van der Waals surface area (Å²) in [5, 5.41) is 6.44. The number of primary amides is 1. The summed E-state index contributed by atoms with van der Waals surface area (Å²) in [7, 11) is 1.43. The van der Waals surface area contributed by atoms with Crippen molar-refractivity contribution in [2.75, 3.05) is 33.4 Å². The zero-order valence-electron chi connectivity index (χ0n) is 14.3. The molecule has 0 saturated carbocycles. The molecular weight excluding hydrogens is 346 g/mol. The van der Waals surface area contributed by atoms with Crippen molar-refractivity contribution in [3.63, 3.8) is 0 Å². The Morgan fingerprint density at radius 2 is 2.24 bits per heavy atom. The van der Waals surface area contributed by atoms with Gasteiger partial charge in [-0.3, -0.25) is 9.59 Å². The number of piperidine rings is 1. The average molecular weight is 370 g/mol. The minimum atomic E-state index is -0.628. The summed E-state index contributed by atoms with van der Waals surface area (Å²) in [4.78, 5) is 23.2. The Morgan fingerprint density at radius 1 is 1.44 bits per heavy atom. The van der Waals surface area contributed by atoms with Crippen LogP contribution in [0.3, 0.4) is 0 Å². The first-order chi connectivity index (χ1) is 12.0. The van der Waals surface area contributed by atoms with E-state index in [0.717, 1.165) is 19.5 Å². The molecule has 0 spiro atoms. The van der Waals surface area contributed by atoms with E-state index >= 15 is 0 Å². The molecule has 1 atom stereocenters. The number of benzene rings is 1. The second kappa shape index (κ2) is 9.48. The fourth-order valence-corrected chi connectivity index (χ4v) is 3.06. The quantitative estimate of drug-likeness (QED) is 0.641. The lowest BCUT2D eigenvalue weighted by Crippen LogP contribution is -2.33. The second-order valence-electron chi connectivity index (χ2n) is 6.00. The van der Waals surface area contributed by atoms with Crippen LogP contribution in [0.25, 0.3) is 0 Å². The SMILES string of the molecule is COc1cc(C(=O)NCCC2CCCNC2)cc(Cl)c1OCC(N)=O. The first-order valence-corrected chi connectivity index (χ1v) is 8.66. The van der Waals surface area contributed by atoms with Gasteiger partial charge in [-0.15, -0.1) is 0 Å². The highest BCUT2D eigenvalue weighted by Gasteiger charge is 2.17. The van der Waals surface area contributed by atoms with E-state index in [9.17, 15) is 9.59 Å². The maximum atomic E-state index is 12.3. The summed E-state index contributed by atoms with van der Waals surface area (Å²) in [6.45, 7) is 2.36. The number of hydrogen-bond donors (Lipinski definition) is 3. The molecular formula is C17H24ClN3O4. The normalized spacial score (nSPS) is 17.0. The molecule has 1 unspecified atom stereocenters. The predicted molar refractivity (Wildman–Crippen MR) is 95.2 cm³/mol. The number of nitrogens with two attached hydrogens (primary N) is 1. The third kappa shape index (κ3) is 5.79. The van der Waals surface area contributed by atoms with Gasteiger partial charge >= 0.3 is 0 Å². The highest BCUT2D eigenvalue weighted by Crippen LogP contribution is 2.36. The van der Waals surface area contributed by atoms with E-state index in [-0.39, 0.29) is 29.0 Å². The highest BCUT2D eigenvalue weighted by molar-refractivity contribution is 6.32. The largest absolute Gasteiger partial charge is 0.493 e. The highest BCUT2D eigenvalue weighted by atomic mass is 35.5. The Kier molecular flexibility index (Phi) is 7.33. The first kappa shape index (κ1) is 19.3. The number of amides is 2. The van der Waals surface area contributed by atoms with E-state index < -0.39 is 5.91 Å². The van der Waals surface area contributed by atoms with Gasteiger partial charge in [-0.1, -0.05) is 11.6 Å². The number of carbonyl (C=O) groups excluding carboxylic acids is 2. The Labute approximate surface area is 152 Å². The van der Waals surface area contributed by atoms with Gasteiger partial charge in [-0.25, -0.2) is 0 Å². The molecule has 7 nitrogen and oxygen atoms in total. The van der Waals surface area contributed by atoms with Gasteiger partial charge in [-0.2, -0.15) is 0 Å². The molecule has 1 heterocycles. The van der Waals surface area contributed by atoms with Crippen LogP contribution in [0.1, 0.15) is 29.6 Å². The summed E-state index contributed by atoms with van der Waals surface area (Å²) in [5.41, 5.74) is 5.43. The van der Waals surface area contributed by atoms with E-state index in [1.165, 1.54) is 32.1 Å². The van der Waals surface area contributed by atoms with E-state index in [0.29, 0.717) is 18.0 Å². The van der Waals surface area contributed by atoms with Crippen LogP contribution in [0, 0.1) is 5.92 Å². The fraction of sp³-hybridized carbons (Fsp3) is 0.529. The molecule has 1 aliphatic rings. The van der Waals surface area contributed by atoms with Crippen LogP contribution in [0.4, 0.5) is 0 Å². The lowest BCUT2D eigenvalue weighted by molar-refractivity contribution is -0.119. The Hall–Kier alpha value is -1.99. The minimum absolute atomic E-state index is 0.183. The first-order valence-electron chi connectivity index (χ1n) is 8.28. The number of methoxy groups -OCH3 is 1. The minimum Gasteiger partial charge on any atom is -0.493 e. The van der Waals surface area contributed by atoms with Crippen molar-refractivity contribution in [2.24, 2.45) is 11.7 Å². The number of halogens is 1. The van der Waals surface area contributed by atoms with Crippen molar-refractivity contribution in [3.8, 4) is 11.5 Å². The lowest BCUT2D eigenvalue weighted by Gasteiger charge is -2.22. The maximum absolute atomic E-state index is 12.3. The van der Waals surface area contributed by atoms with Crippen LogP contribution in [0.5, 0.6) is 11.5 Å². The van der Waals surface area contributed by atoms with E-state index in [1.54, 1.807) is 0 Å². The predicted octanol–water partition coefficient (Wildman–Crippen LogP) is 1.33. The van der Waals surface area contributed by atoms with Crippen LogP contribution in [-0.4, -0.2) is 45.2 Å². The number of ether oxygens (including phenoxy) is 2. The van der Waals surface area contributed by atoms with Crippen molar-refractivity contribution in [2.45, 2.75) is 19.3 Å². The average Bonchev–Trinajstić information content (AvgIpc) is 2.60. The van der Waals surface area contributed by atoms with E-state index in [4.69, 9.17) is 26.8 Å². The summed E-state index contributed by atoms with van der Waals surface area (Å²) < 4.78 is 10.4. The van der Waals surface area contributed by atoms with Crippen LogP contribution in [0.2, 0.25) is 5.02 Å². The lowest BCUT2D eigenvalue weighted by atomic mass is 9.96. The van der Waals surface area contributed by atoms with Gasteiger partial charge in [0.05, 0.1) is 12.1 Å². The molecule has 4 N–H and O–H groups in total. The van der Waals surface area contributed by atoms with Crippen LogP contribution >= 0.6 is 11.6 Å². The van der Waals surface area contributed by atoms with Crippen LogP contribution < -0.4 is 25.8 Å². The smallest absolute Gasteiger partial charge is 0.255 e. The molecule has 2 rings (SSSR count). The molecule has 1 fully saturated rings. The number of rotatable bonds is 8. The number of nitrogens with one attached hydrogen (secondary N) is 2. The third-order valence-corrected chi connectivity index (χ3v) is 4.37. The van der Waals surface area contributed by atoms with Gasteiger partial charge in [0.2, 0.25) is 0 Å². The van der Waals surface area contributed by atoms with E-state index in [2.05, 4.69) is 10.6 Å². The summed E-state index contributed by atoms with van der Waals surface area (Å²) >= 11 is 6.15. The van der Waals surface area contributed by atoms with Crippen molar-refractivity contribution < 1.29 is 19.1 Å². The van der Waals surface area contributed by atoms with Gasteiger partial charge in [0.1, 0.15) is 0 Å². The zero-order chi connectivity index (χ0) is 18.2. The monoisotopic (exact) mass is 369 g/mol. The molecule has 0 aliphatic carbocycles. The molecule has 1 aromatic rings. The molecule has 1 saturated heterocycles. The third-order valence-electron chi connectivity index (χ3n) is 4.09. The van der Waals surface area contributed by atoms with E-state index in [1.807, 2.05) is 0 Å². The fourth-order valence-electron chi connectivity index (χ4n) is 2.80. The van der Waals surface area contributed by atoms with Crippen molar-refractivity contribution >= 4 is 23.4 Å². The molecule has 0 radical (unpaired) electrons. The van der Waals surface area contributed by atoms with Gasteiger partial charge in [-0.05, 0) is 50.4 Å². The number of hydrogen-bond acceptors (Lipinski definition) is 5. The van der Waals surface area contributed by atoms with Gasteiger partial charge in [0.25, 0.3) is 11.8 Å². The topological polar surface area (TPSA) is 103 Å². The van der Waals surface area contributed by atoms with Crippen molar-refractivity contribution in [3.05, 3.63) is 22.7 Å². The summed E-state index contributed by atoms with van der Waals surface area (Å²) in [5.74, 6) is 0.197. The molecule has 1 aromatic carbocycles. The molecule has 2 amide bonds. The molecule has 8 heteroatoms. The molecule has 0 aromatic heterocycles. The van der Waals surface area contributed by atoms with Gasteiger partial charge in [0, 0.05) is 12.1 Å². The molecule has 1 aliphatic heterocycles. The molecule has 0 bridgehead atoms. The second-order valence-corrected chi connectivity index (χ2v) is 6.41. The Balaban J connectivity index is 1.96. The van der Waals surface area contributed by atoms with Gasteiger partial charge < -0.3 is 25.8 Å². The maximum Gasteiger partial charge on any atom is 0.255 e. The van der Waals surface area contributed by atoms with Crippen LogP contribution in [0.15, 0.2) is 12.1 Å². The van der Waals surface area contributed by atoms with Crippen LogP contribution in [-0.2, 0) is 4.79 Å². The standard InChI is InChI=1S/C17H24ClN3O4/c1-24-14-8-12(7-13(18)16(14)25-10-15(19)22)17(23)21-6-4-11-3-2-5-20-9-11/h7-8,11,20H,2-6,9-10H2,1H3,(H2,19,22)(H,21,23). The Bertz CT molecular complexity index is 618. The Morgan fingerprint density at radius 3 is 2.88 bits per heavy atom. The summed E-state index contributed by atoms with van der Waals surface area (Å²) in [6.07, 6.45) is 3.30. The van der Waals surface area contributed by atoms with Crippen molar-refractivity contribution in [1.29, 1.82) is 0 Å². The van der Waals surface area contributed by atoms with Gasteiger partial charge in [0.15, 0.2) is 18.1 Å². The zero-order valence-corrected chi connectivity index (χ0v) is 15.0.